The summed E-state index contributed by atoms with van der Waals surface area (Å²) in [6, 6.07) is 0. The van der Waals surface area contributed by atoms with Crippen molar-refractivity contribution >= 4 is 11.6 Å². The summed E-state index contributed by atoms with van der Waals surface area (Å²) in [6.45, 7) is 3.80. The number of hydrogen-bond acceptors (Lipinski definition) is 2. The SMILES string of the molecule is CC(C)C(=O)CCC(=O)CCC1CCCCC1. The fourth-order valence-corrected chi connectivity index (χ4v) is 2.52. The van der Waals surface area contributed by atoms with Gasteiger partial charge in [-0.25, -0.2) is 0 Å². The normalized spacial score (nSPS) is 17.4. The van der Waals surface area contributed by atoms with E-state index in [1.54, 1.807) is 0 Å². The molecule has 1 aliphatic rings. The van der Waals surface area contributed by atoms with Crippen LogP contribution in [0.25, 0.3) is 0 Å². The monoisotopic (exact) mass is 238 g/mol. The van der Waals surface area contributed by atoms with E-state index >= 15 is 0 Å². The van der Waals surface area contributed by atoms with Gasteiger partial charge in [-0.2, -0.15) is 0 Å². The van der Waals surface area contributed by atoms with Gasteiger partial charge in [0.05, 0.1) is 0 Å². The molecular formula is C15H26O2. The van der Waals surface area contributed by atoms with E-state index in [1.165, 1.54) is 32.1 Å². The Hall–Kier alpha value is -0.660. The first-order chi connectivity index (χ1) is 8.09. The Morgan fingerprint density at radius 3 is 2.24 bits per heavy atom. The van der Waals surface area contributed by atoms with Gasteiger partial charge < -0.3 is 0 Å². The Balaban J connectivity index is 2.10. The molecule has 0 spiro atoms. The molecular weight excluding hydrogens is 212 g/mol. The van der Waals surface area contributed by atoms with Gasteiger partial charge in [-0.05, 0) is 12.3 Å². The molecule has 0 aromatic rings. The highest BCUT2D eigenvalue weighted by atomic mass is 16.1. The lowest BCUT2D eigenvalue weighted by molar-refractivity contribution is -0.126. The first-order valence-corrected chi connectivity index (χ1v) is 7.14. The summed E-state index contributed by atoms with van der Waals surface area (Å²) in [7, 11) is 0. The van der Waals surface area contributed by atoms with E-state index in [1.807, 2.05) is 13.8 Å². The molecule has 98 valence electrons. The minimum atomic E-state index is 0.0705. The van der Waals surface area contributed by atoms with Gasteiger partial charge in [0, 0.05) is 25.2 Å². The van der Waals surface area contributed by atoms with Crippen molar-refractivity contribution in [2.75, 3.05) is 0 Å². The lowest BCUT2D eigenvalue weighted by atomic mass is 9.85. The molecule has 1 saturated carbocycles. The lowest BCUT2D eigenvalue weighted by Gasteiger charge is -2.20. The fraction of sp³-hybridized carbons (Fsp3) is 0.867. The summed E-state index contributed by atoms with van der Waals surface area (Å²) in [5.74, 6) is 1.34. The Bertz CT molecular complexity index is 250. The van der Waals surface area contributed by atoms with Crippen LogP contribution in [0.5, 0.6) is 0 Å². The van der Waals surface area contributed by atoms with Crippen molar-refractivity contribution in [2.24, 2.45) is 11.8 Å². The molecule has 0 atom stereocenters. The van der Waals surface area contributed by atoms with Crippen molar-refractivity contribution in [1.29, 1.82) is 0 Å². The number of carbonyl (C=O) groups is 2. The largest absolute Gasteiger partial charge is 0.300 e. The molecule has 1 fully saturated rings. The molecule has 1 aliphatic carbocycles. The van der Waals surface area contributed by atoms with Gasteiger partial charge in [0.2, 0.25) is 0 Å². The standard InChI is InChI=1S/C15H26O2/c1-12(2)15(17)11-10-14(16)9-8-13-6-4-3-5-7-13/h12-13H,3-11H2,1-2H3. The maximum Gasteiger partial charge on any atom is 0.135 e. The number of hydrogen-bond donors (Lipinski definition) is 0. The van der Waals surface area contributed by atoms with Crippen LogP contribution in [-0.2, 0) is 9.59 Å². The number of rotatable bonds is 7. The van der Waals surface area contributed by atoms with E-state index < -0.39 is 0 Å². The molecule has 0 N–H and O–H groups in total. The summed E-state index contributed by atoms with van der Waals surface area (Å²) in [4.78, 5) is 23.1. The smallest absolute Gasteiger partial charge is 0.135 e. The highest BCUT2D eigenvalue weighted by Gasteiger charge is 2.15. The third-order valence-electron chi connectivity index (χ3n) is 3.85. The highest BCUT2D eigenvalue weighted by molar-refractivity contribution is 5.86. The second kappa shape index (κ2) is 7.62. The third kappa shape index (κ3) is 5.99. The van der Waals surface area contributed by atoms with Gasteiger partial charge >= 0.3 is 0 Å². The second-order valence-electron chi connectivity index (χ2n) is 5.70. The molecule has 0 aliphatic heterocycles. The van der Waals surface area contributed by atoms with E-state index in [0.29, 0.717) is 19.3 Å². The Labute approximate surface area is 105 Å². The average molecular weight is 238 g/mol. The second-order valence-corrected chi connectivity index (χ2v) is 5.70. The molecule has 1 rings (SSSR count). The average Bonchev–Trinajstić information content (AvgIpc) is 2.34. The maximum atomic E-state index is 11.7. The lowest BCUT2D eigenvalue weighted by Crippen LogP contribution is -2.12. The van der Waals surface area contributed by atoms with Crippen LogP contribution in [0, 0.1) is 11.8 Å². The van der Waals surface area contributed by atoms with Crippen LogP contribution in [0.2, 0.25) is 0 Å². The first kappa shape index (κ1) is 14.4. The fourth-order valence-electron chi connectivity index (χ4n) is 2.52. The quantitative estimate of drug-likeness (QED) is 0.673. The third-order valence-corrected chi connectivity index (χ3v) is 3.85. The van der Waals surface area contributed by atoms with Crippen LogP contribution in [0.4, 0.5) is 0 Å². The zero-order valence-corrected chi connectivity index (χ0v) is 11.3. The minimum absolute atomic E-state index is 0.0705. The zero-order valence-electron chi connectivity index (χ0n) is 11.3. The van der Waals surface area contributed by atoms with Gasteiger partial charge in [0.15, 0.2) is 0 Å². The van der Waals surface area contributed by atoms with E-state index in [2.05, 4.69) is 0 Å². The topological polar surface area (TPSA) is 34.1 Å². The molecule has 0 unspecified atom stereocenters. The molecule has 0 aromatic heterocycles. The maximum absolute atomic E-state index is 11.7. The van der Waals surface area contributed by atoms with Crippen LogP contribution in [0.1, 0.15) is 71.6 Å². The van der Waals surface area contributed by atoms with Gasteiger partial charge in [0.1, 0.15) is 11.6 Å². The number of Topliss-reactive ketones (excluding diaryl/α,β-unsaturated/α-hetero) is 2. The first-order valence-electron chi connectivity index (χ1n) is 7.14. The van der Waals surface area contributed by atoms with Crippen molar-refractivity contribution in [3.8, 4) is 0 Å². The van der Waals surface area contributed by atoms with E-state index in [0.717, 1.165) is 12.3 Å². The van der Waals surface area contributed by atoms with Crippen LogP contribution in [0.15, 0.2) is 0 Å². The summed E-state index contributed by atoms with van der Waals surface area (Å²) in [6.07, 6.45) is 9.30. The molecule has 0 saturated heterocycles. The highest BCUT2D eigenvalue weighted by Crippen LogP contribution is 2.27. The predicted octanol–water partition coefficient (Wildman–Crippen LogP) is 3.92. The van der Waals surface area contributed by atoms with Crippen LogP contribution in [-0.4, -0.2) is 11.6 Å². The van der Waals surface area contributed by atoms with Crippen LogP contribution >= 0.6 is 0 Å². The van der Waals surface area contributed by atoms with E-state index in [9.17, 15) is 9.59 Å². The van der Waals surface area contributed by atoms with Crippen molar-refractivity contribution in [3.63, 3.8) is 0 Å². The summed E-state index contributed by atoms with van der Waals surface area (Å²) >= 11 is 0. The van der Waals surface area contributed by atoms with Crippen molar-refractivity contribution in [3.05, 3.63) is 0 Å². The van der Waals surface area contributed by atoms with Gasteiger partial charge in [-0.3, -0.25) is 9.59 Å². The summed E-state index contributed by atoms with van der Waals surface area (Å²) in [5, 5.41) is 0. The molecule has 0 amide bonds. The van der Waals surface area contributed by atoms with E-state index in [4.69, 9.17) is 0 Å². The molecule has 17 heavy (non-hydrogen) atoms. The minimum Gasteiger partial charge on any atom is -0.300 e. The molecule has 0 aromatic carbocycles. The summed E-state index contributed by atoms with van der Waals surface area (Å²) < 4.78 is 0. The van der Waals surface area contributed by atoms with Crippen LogP contribution in [0.3, 0.4) is 0 Å². The van der Waals surface area contributed by atoms with Gasteiger partial charge in [0.25, 0.3) is 0 Å². The van der Waals surface area contributed by atoms with Crippen molar-refractivity contribution in [2.45, 2.75) is 71.6 Å². The van der Waals surface area contributed by atoms with Crippen molar-refractivity contribution < 1.29 is 9.59 Å². The Morgan fingerprint density at radius 1 is 1.00 bits per heavy atom. The molecule has 2 heteroatoms. The Kier molecular flexibility index (Phi) is 6.46. The van der Waals surface area contributed by atoms with Gasteiger partial charge in [-0.1, -0.05) is 46.0 Å². The predicted molar refractivity (Wildman–Crippen MR) is 69.9 cm³/mol. The Morgan fingerprint density at radius 2 is 1.65 bits per heavy atom. The molecule has 0 bridgehead atoms. The zero-order chi connectivity index (χ0) is 12.7. The van der Waals surface area contributed by atoms with Crippen molar-refractivity contribution in [1.82, 2.24) is 0 Å². The van der Waals surface area contributed by atoms with Crippen LogP contribution < -0.4 is 0 Å². The number of carbonyl (C=O) groups excluding carboxylic acids is 2. The molecule has 2 nitrogen and oxygen atoms in total. The number of ketones is 2. The molecule has 0 heterocycles. The van der Waals surface area contributed by atoms with Gasteiger partial charge in [-0.15, -0.1) is 0 Å². The molecule has 0 radical (unpaired) electrons. The summed E-state index contributed by atoms with van der Waals surface area (Å²) in [5.41, 5.74) is 0. The van der Waals surface area contributed by atoms with E-state index in [-0.39, 0.29) is 17.5 Å².